The van der Waals surface area contributed by atoms with Gasteiger partial charge in [0, 0.05) is 6.54 Å². The summed E-state index contributed by atoms with van der Waals surface area (Å²) in [6, 6.07) is 16.6. The Kier molecular flexibility index (Phi) is 17.1. The highest BCUT2D eigenvalue weighted by Crippen LogP contribution is 2.21. The Morgan fingerprint density at radius 1 is 0.800 bits per heavy atom. The standard InChI is InChI=1S/C33H40ClN13O8/c34-26-28(41-16-24(50)54-17-19-8-3-1-4-9-19)45-27(35)25(44-26)30(52)47-32(38)46-29(51)21(12-7-13-39-31(36)37)43-23(49)15-40-22(48)14-42-33(53)55-18-20-10-5-2-6-11-20/h1-6,8-11,21H,7,12-18H2,(H,40,48)(H,42,53)(H,43,49)(H3,35,41,45)(H4,36,37,39)(H3,38,46,47,51,52)/t21-/m0/s1. The molecule has 292 valence electrons. The van der Waals surface area contributed by atoms with E-state index in [-0.39, 0.29) is 56.1 Å². The van der Waals surface area contributed by atoms with Gasteiger partial charge < -0.3 is 53.7 Å². The lowest BCUT2D eigenvalue weighted by molar-refractivity contribution is -0.142. The zero-order valence-electron chi connectivity index (χ0n) is 29.2. The van der Waals surface area contributed by atoms with E-state index in [9.17, 15) is 28.8 Å². The van der Waals surface area contributed by atoms with Gasteiger partial charge in [-0.25, -0.2) is 14.8 Å². The first-order chi connectivity index (χ1) is 26.3. The summed E-state index contributed by atoms with van der Waals surface area (Å²) in [6.07, 6.45) is -0.649. The second-order valence-corrected chi connectivity index (χ2v) is 11.5. The molecule has 0 radical (unpaired) electrons. The van der Waals surface area contributed by atoms with Crippen LogP contribution in [0.5, 0.6) is 0 Å². The Hall–Kier alpha value is -7.03. The molecule has 3 rings (SSSR count). The number of nitrogens with two attached hydrogens (primary N) is 4. The van der Waals surface area contributed by atoms with E-state index >= 15 is 0 Å². The van der Waals surface area contributed by atoms with Crippen LogP contribution in [0.15, 0.2) is 70.6 Å². The SMILES string of the molecule is NC(N)=NCCC[C@H](NC(=O)CNC(=O)CNC(=O)OCc1ccccc1)C(=O)NC(N)=NC(=O)c1nc(Cl)c(NCC(=O)OCc2ccccc2)nc1N. The van der Waals surface area contributed by atoms with E-state index < -0.39 is 72.3 Å². The van der Waals surface area contributed by atoms with Crippen LogP contribution in [0.25, 0.3) is 0 Å². The van der Waals surface area contributed by atoms with Gasteiger partial charge in [0.15, 0.2) is 28.4 Å². The molecule has 21 nitrogen and oxygen atoms in total. The number of carbonyl (C=O) groups is 6. The number of nitrogens with one attached hydrogen (secondary N) is 5. The van der Waals surface area contributed by atoms with Crippen molar-refractivity contribution in [3.05, 3.63) is 82.6 Å². The van der Waals surface area contributed by atoms with E-state index in [1.165, 1.54) is 0 Å². The van der Waals surface area contributed by atoms with Crippen molar-refractivity contribution in [2.45, 2.75) is 32.1 Å². The molecule has 0 saturated heterocycles. The molecule has 0 fully saturated rings. The fraction of sp³-hybridized carbons (Fsp3) is 0.273. The topological polar surface area (TPSA) is 336 Å². The van der Waals surface area contributed by atoms with Gasteiger partial charge in [-0.05, 0) is 24.0 Å². The van der Waals surface area contributed by atoms with E-state index in [1.807, 2.05) is 12.1 Å². The molecule has 1 aromatic heterocycles. The Balaban J connectivity index is 1.52. The third-order valence-electron chi connectivity index (χ3n) is 6.85. The van der Waals surface area contributed by atoms with E-state index in [1.54, 1.807) is 48.5 Å². The van der Waals surface area contributed by atoms with Crippen LogP contribution in [-0.2, 0) is 41.9 Å². The van der Waals surface area contributed by atoms with E-state index in [0.29, 0.717) is 0 Å². The first-order valence-electron chi connectivity index (χ1n) is 16.3. The maximum absolute atomic E-state index is 13.1. The fourth-order valence-corrected chi connectivity index (χ4v) is 4.43. The first-order valence-corrected chi connectivity index (χ1v) is 16.7. The van der Waals surface area contributed by atoms with Gasteiger partial charge in [0.2, 0.25) is 23.7 Å². The number of carbonyl (C=O) groups excluding carboxylic acids is 6. The molecular weight excluding hydrogens is 742 g/mol. The molecule has 0 unspecified atom stereocenters. The number of hydrogen-bond acceptors (Lipinski definition) is 13. The molecule has 0 aliphatic carbocycles. The summed E-state index contributed by atoms with van der Waals surface area (Å²) in [6.45, 7) is -1.27. The molecule has 13 N–H and O–H groups in total. The molecule has 3 aromatic rings. The lowest BCUT2D eigenvalue weighted by Crippen LogP contribution is -2.52. The Morgan fingerprint density at radius 2 is 1.42 bits per heavy atom. The quantitative estimate of drug-likeness (QED) is 0.0324. The molecule has 22 heteroatoms. The molecule has 5 amide bonds. The number of amides is 5. The molecule has 55 heavy (non-hydrogen) atoms. The molecule has 0 spiro atoms. The van der Waals surface area contributed by atoms with E-state index in [0.717, 1.165) is 11.1 Å². The summed E-state index contributed by atoms with van der Waals surface area (Å²) < 4.78 is 10.2. The van der Waals surface area contributed by atoms with Gasteiger partial charge in [0.1, 0.15) is 32.3 Å². The summed E-state index contributed by atoms with van der Waals surface area (Å²) in [5, 5.41) is 11.5. The molecule has 1 atom stereocenters. The molecule has 2 aromatic carbocycles. The van der Waals surface area contributed by atoms with Crippen LogP contribution in [0.3, 0.4) is 0 Å². The summed E-state index contributed by atoms with van der Waals surface area (Å²) in [5.74, 6) is -5.59. The van der Waals surface area contributed by atoms with Crippen LogP contribution in [0.2, 0.25) is 5.15 Å². The van der Waals surface area contributed by atoms with Crippen LogP contribution in [0, 0.1) is 0 Å². The Labute approximate surface area is 319 Å². The summed E-state index contributed by atoms with van der Waals surface area (Å²) >= 11 is 6.14. The number of nitrogens with zero attached hydrogens (tertiary/aromatic N) is 4. The number of guanidine groups is 2. The van der Waals surface area contributed by atoms with Gasteiger partial charge in [-0.1, -0.05) is 72.3 Å². The van der Waals surface area contributed by atoms with Gasteiger partial charge in [0.25, 0.3) is 0 Å². The monoisotopic (exact) mass is 781 g/mol. The molecule has 0 saturated carbocycles. The number of anilines is 2. The van der Waals surface area contributed by atoms with Crippen LogP contribution in [-0.4, -0.2) is 89.8 Å². The highest BCUT2D eigenvalue weighted by molar-refractivity contribution is 6.32. The number of aromatic nitrogens is 2. The normalized spacial score (nSPS) is 11.3. The van der Waals surface area contributed by atoms with Crippen molar-refractivity contribution in [3.63, 3.8) is 0 Å². The zero-order chi connectivity index (χ0) is 40.2. The van der Waals surface area contributed by atoms with E-state index in [2.05, 4.69) is 46.5 Å². The average molecular weight is 782 g/mol. The number of halogens is 1. The highest BCUT2D eigenvalue weighted by Gasteiger charge is 2.23. The van der Waals surface area contributed by atoms with Crippen molar-refractivity contribution in [3.8, 4) is 0 Å². The number of esters is 1. The Bertz CT molecular complexity index is 1880. The zero-order valence-corrected chi connectivity index (χ0v) is 30.0. The Morgan fingerprint density at radius 3 is 2.05 bits per heavy atom. The number of hydrogen-bond donors (Lipinski definition) is 9. The smallest absolute Gasteiger partial charge is 0.407 e. The van der Waals surface area contributed by atoms with Crippen LogP contribution >= 0.6 is 11.6 Å². The third-order valence-corrected chi connectivity index (χ3v) is 7.11. The highest BCUT2D eigenvalue weighted by atomic mass is 35.5. The summed E-state index contributed by atoms with van der Waals surface area (Å²) in [7, 11) is 0. The first kappa shape index (κ1) is 42.4. The number of rotatable bonds is 18. The van der Waals surface area contributed by atoms with Gasteiger partial charge in [-0.15, -0.1) is 0 Å². The fourth-order valence-electron chi connectivity index (χ4n) is 4.23. The molecule has 0 bridgehead atoms. The second-order valence-electron chi connectivity index (χ2n) is 11.1. The number of benzene rings is 2. The van der Waals surface area contributed by atoms with Crippen LogP contribution < -0.4 is 49.5 Å². The molecule has 1 heterocycles. The minimum absolute atomic E-state index is 0.00886. The summed E-state index contributed by atoms with van der Waals surface area (Å²) in [5.41, 5.74) is 23.4. The van der Waals surface area contributed by atoms with Crippen LogP contribution in [0.4, 0.5) is 16.4 Å². The number of ether oxygens (including phenoxy) is 2. The molecule has 0 aliphatic heterocycles. The van der Waals surface area contributed by atoms with Gasteiger partial charge in [-0.3, -0.25) is 34.3 Å². The second kappa shape index (κ2) is 22.1. The minimum Gasteiger partial charge on any atom is -0.460 e. The van der Waals surface area contributed by atoms with Crippen molar-refractivity contribution >= 4 is 70.8 Å². The third kappa shape index (κ3) is 16.0. The average Bonchev–Trinajstić information content (AvgIpc) is 3.16. The van der Waals surface area contributed by atoms with Crippen molar-refractivity contribution in [2.75, 3.05) is 37.2 Å². The van der Waals surface area contributed by atoms with Gasteiger partial charge in [-0.2, -0.15) is 4.99 Å². The van der Waals surface area contributed by atoms with Crippen LogP contribution in [0.1, 0.15) is 34.5 Å². The maximum atomic E-state index is 13.1. The van der Waals surface area contributed by atoms with Crippen molar-refractivity contribution < 1.29 is 38.2 Å². The molecule has 0 aliphatic rings. The van der Waals surface area contributed by atoms with Crippen molar-refractivity contribution in [1.29, 1.82) is 0 Å². The predicted molar refractivity (Wildman–Crippen MR) is 200 cm³/mol. The number of alkyl carbamates (subject to hydrolysis) is 1. The minimum atomic E-state index is -1.27. The van der Waals surface area contributed by atoms with E-state index in [4.69, 9.17) is 44.0 Å². The number of nitrogen functional groups attached to an aromatic ring is 1. The molecular formula is C33H40ClN13O8. The summed E-state index contributed by atoms with van der Waals surface area (Å²) in [4.78, 5) is 90.0. The lowest BCUT2D eigenvalue weighted by Gasteiger charge is -2.18. The lowest BCUT2D eigenvalue weighted by atomic mass is 10.1. The van der Waals surface area contributed by atoms with Gasteiger partial charge >= 0.3 is 18.0 Å². The van der Waals surface area contributed by atoms with Crippen molar-refractivity contribution in [1.82, 2.24) is 31.2 Å². The van der Waals surface area contributed by atoms with Crippen molar-refractivity contribution in [2.24, 2.45) is 27.2 Å². The predicted octanol–water partition coefficient (Wildman–Crippen LogP) is -0.980. The van der Waals surface area contributed by atoms with Gasteiger partial charge in [0.05, 0.1) is 6.54 Å². The number of aliphatic imine (C=N–C) groups is 2. The largest absolute Gasteiger partial charge is 0.460 e. The maximum Gasteiger partial charge on any atom is 0.407 e.